The number of nitrogens with zero attached hydrogens (tertiary/aromatic N) is 2. The van der Waals surface area contributed by atoms with E-state index in [1.54, 1.807) is 7.11 Å². The Bertz CT molecular complexity index is 1180. The second-order valence-corrected chi connectivity index (χ2v) is 7.53. The number of benzene rings is 3. The van der Waals surface area contributed by atoms with Crippen molar-refractivity contribution >= 4 is 5.91 Å². The molecule has 0 bridgehead atoms. The molecule has 4 rings (SSSR count). The van der Waals surface area contributed by atoms with Gasteiger partial charge in [0.25, 0.3) is 5.91 Å². The first-order valence-electron chi connectivity index (χ1n) is 10.9. The SMILES string of the molecule is CCCc1c(C(=O)NCc2ccccc2OC)c(-c2ccccc2)nn1-c1ccccc1. The Morgan fingerprint density at radius 1 is 0.938 bits per heavy atom. The molecule has 1 N–H and O–H groups in total. The second kappa shape index (κ2) is 9.96. The molecule has 0 aliphatic heterocycles. The van der Waals surface area contributed by atoms with Gasteiger partial charge in [-0.15, -0.1) is 0 Å². The van der Waals surface area contributed by atoms with E-state index in [9.17, 15) is 4.79 Å². The van der Waals surface area contributed by atoms with Crippen LogP contribution in [0.25, 0.3) is 16.9 Å². The van der Waals surface area contributed by atoms with E-state index in [1.807, 2.05) is 89.6 Å². The standard InChI is InChI=1S/C27H27N3O2/c1-3-12-23-25(27(31)28-19-21-15-10-11-18-24(21)32-2)26(20-13-6-4-7-14-20)29-30(23)22-16-8-5-9-17-22/h4-11,13-18H,3,12,19H2,1-2H3,(H,28,31). The molecule has 0 aliphatic rings. The lowest BCUT2D eigenvalue weighted by Gasteiger charge is -2.12. The van der Waals surface area contributed by atoms with Crippen molar-refractivity contribution in [3.63, 3.8) is 0 Å². The molecule has 0 spiro atoms. The maximum atomic E-state index is 13.5. The van der Waals surface area contributed by atoms with Crippen LogP contribution < -0.4 is 10.1 Å². The summed E-state index contributed by atoms with van der Waals surface area (Å²) in [6.07, 6.45) is 1.64. The Morgan fingerprint density at radius 2 is 1.59 bits per heavy atom. The highest BCUT2D eigenvalue weighted by atomic mass is 16.5. The third-order valence-electron chi connectivity index (χ3n) is 5.37. The van der Waals surface area contributed by atoms with Crippen molar-refractivity contribution in [1.29, 1.82) is 0 Å². The van der Waals surface area contributed by atoms with Crippen molar-refractivity contribution in [1.82, 2.24) is 15.1 Å². The molecule has 1 heterocycles. The lowest BCUT2D eigenvalue weighted by molar-refractivity contribution is 0.0950. The molecule has 0 radical (unpaired) electrons. The quantitative estimate of drug-likeness (QED) is 0.409. The molecule has 0 atom stereocenters. The number of nitrogens with one attached hydrogen (secondary N) is 1. The third-order valence-corrected chi connectivity index (χ3v) is 5.37. The van der Waals surface area contributed by atoms with Gasteiger partial charge in [0, 0.05) is 17.7 Å². The number of amides is 1. The zero-order valence-electron chi connectivity index (χ0n) is 18.4. The number of rotatable bonds is 8. The molecule has 1 aromatic heterocycles. The van der Waals surface area contributed by atoms with E-state index in [0.29, 0.717) is 17.8 Å². The molecule has 5 nitrogen and oxygen atoms in total. The lowest BCUT2D eigenvalue weighted by Crippen LogP contribution is -2.24. The molecular formula is C27H27N3O2. The number of carbonyl (C=O) groups is 1. The molecule has 5 heteroatoms. The number of methoxy groups -OCH3 is 1. The summed E-state index contributed by atoms with van der Waals surface area (Å²) < 4.78 is 7.34. The Kier molecular flexibility index (Phi) is 6.66. The fraction of sp³-hybridized carbons (Fsp3) is 0.185. The van der Waals surface area contributed by atoms with Gasteiger partial charge >= 0.3 is 0 Å². The predicted octanol–water partition coefficient (Wildman–Crippen LogP) is 5.43. The molecule has 0 unspecified atom stereocenters. The highest BCUT2D eigenvalue weighted by Crippen LogP contribution is 2.29. The molecule has 32 heavy (non-hydrogen) atoms. The van der Waals surface area contributed by atoms with Crippen molar-refractivity contribution in [2.24, 2.45) is 0 Å². The van der Waals surface area contributed by atoms with Gasteiger partial charge in [0.1, 0.15) is 11.4 Å². The van der Waals surface area contributed by atoms with Gasteiger partial charge < -0.3 is 10.1 Å². The van der Waals surface area contributed by atoms with Gasteiger partial charge in [0.2, 0.25) is 0 Å². The minimum absolute atomic E-state index is 0.139. The number of aromatic nitrogens is 2. The molecular weight excluding hydrogens is 398 g/mol. The van der Waals surface area contributed by atoms with E-state index in [-0.39, 0.29) is 5.91 Å². The average molecular weight is 426 g/mol. The van der Waals surface area contributed by atoms with Crippen LogP contribution in [-0.4, -0.2) is 22.8 Å². The Hall–Kier alpha value is -3.86. The van der Waals surface area contributed by atoms with Gasteiger partial charge in [-0.25, -0.2) is 4.68 Å². The Morgan fingerprint density at radius 3 is 2.28 bits per heavy atom. The van der Waals surface area contributed by atoms with Gasteiger partial charge in [0.15, 0.2) is 0 Å². The Labute approximate surface area is 188 Å². The Balaban J connectivity index is 1.78. The summed E-state index contributed by atoms with van der Waals surface area (Å²) in [5, 5.41) is 8.00. The van der Waals surface area contributed by atoms with Gasteiger partial charge in [-0.3, -0.25) is 4.79 Å². The van der Waals surface area contributed by atoms with Crippen LogP contribution in [-0.2, 0) is 13.0 Å². The van der Waals surface area contributed by atoms with E-state index < -0.39 is 0 Å². The number of hydrogen-bond donors (Lipinski definition) is 1. The summed E-state index contributed by atoms with van der Waals surface area (Å²) in [5.41, 5.74) is 5.01. The van der Waals surface area contributed by atoms with Crippen LogP contribution in [0.15, 0.2) is 84.9 Å². The number of carbonyl (C=O) groups excluding carboxylic acids is 1. The molecule has 0 fully saturated rings. The van der Waals surface area contributed by atoms with Gasteiger partial charge in [-0.05, 0) is 24.6 Å². The zero-order valence-corrected chi connectivity index (χ0v) is 18.4. The summed E-state index contributed by atoms with van der Waals surface area (Å²) >= 11 is 0. The number of ether oxygens (including phenoxy) is 1. The topological polar surface area (TPSA) is 56.1 Å². The van der Waals surface area contributed by atoms with Crippen molar-refractivity contribution in [2.75, 3.05) is 7.11 Å². The zero-order chi connectivity index (χ0) is 22.3. The number of para-hydroxylation sites is 2. The summed E-state index contributed by atoms with van der Waals surface area (Å²) in [4.78, 5) is 13.5. The molecule has 0 aliphatic carbocycles. The van der Waals surface area contributed by atoms with Crippen LogP contribution in [0.4, 0.5) is 0 Å². The monoisotopic (exact) mass is 425 g/mol. The smallest absolute Gasteiger partial charge is 0.255 e. The lowest BCUT2D eigenvalue weighted by atomic mass is 10.0. The fourth-order valence-corrected chi connectivity index (χ4v) is 3.85. The molecule has 3 aromatic carbocycles. The van der Waals surface area contributed by atoms with E-state index >= 15 is 0 Å². The molecule has 162 valence electrons. The van der Waals surface area contributed by atoms with Gasteiger partial charge in [0.05, 0.1) is 24.1 Å². The van der Waals surface area contributed by atoms with E-state index in [2.05, 4.69) is 12.2 Å². The first-order chi connectivity index (χ1) is 15.7. The van der Waals surface area contributed by atoms with Crippen molar-refractivity contribution in [3.05, 3.63) is 102 Å². The summed E-state index contributed by atoms with van der Waals surface area (Å²) in [7, 11) is 1.64. The van der Waals surface area contributed by atoms with Crippen LogP contribution in [0.1, 0.15) is 35.0 Å². The largest absolute Gasteiger partial charge is 0.496 e. The highest BCUT2D eigenvalue weighted by molar-refractivity contribution is 6.01. The molecule has 0 saturated carbocycles. The maximum absolute atomic E-state index is 13.5. The van der Waals surface area contributed by atoms with E-state index in [1.165, 1.54) is 0 Å². The predicted molar refractivity (Wildman–Crippen MR) is 127 cm³/mol. The molecule has 4 aromatic rings. The second-order valence-electron chi connectivity index (χ2n) is 7.53. The molecule has 0 saturated heterocycles. The van der Waals surface area contributed by atoms with Crippen molar-refractivity contribution < 1.29 is 9.53 Å². The molecule has 1 amide bonds. The van der Waals surface area contributed by atoms with Crippen LogP contribution in [0.5, 0.6) is 5.75 Å². The van der Waals surface area contributed by atoms with E-state index in [0.717, 1.165) is 41.1 Å². The van der Waals surface area contributed by atoms with Gasteiger partial charge in [-0.1, -0.05) is 80.1 Å². The normalized spacial score (nSPS) is 10.7. The summed E-state index contributed by atoms with van der Waals surface area (Å²) in [6.45, 7) is 2.49. The minimum atomic E-state index is -0.139. The fourth-order valence-electron chi connectivity index (χ4n) is 3.85. The first-order valence-corrected chi connectivity index (χ1v) is 10.9. The number of hydrogen-bond acceptors (Lipinski definition) is 3. The van der Waals surface area contributed by atoms with Crippen LogP contribution in [0.2, 0.25) is 0 Å². The van der Waals surface area contributed by atoms with Crippen molar-refractivity contribution in [2.45, 2.75) is 26.3 Å². The van der Waals surface area contributed by atoms with Crippen LogP contribution in [0.3, 0.4) is 0 Å². The summed E-state index contributed by atoms with van der Waals surface area (Å²) in [5.74, 6) is 0.616. The van der Waals surface area contributed by atoms with Crippen molar-refractivity contribution in [3.8, 4) is 22.7 Å². The minimum Gasteiger partial charge on any atom is -0.496 e. The average Bonchev–Trinajstić information content (AvgIpc) is 3.23. The van der Waals surface area contributed by atoms with Crippen LogP contribution >= 0.6 is 0 Å². The highest BCUT2D eigenvalue weighted by Gasteiger charge is 2.25. The van der Waals surface area contributed by atoms with Crippen LogP contribution in [0, 0.1) is 0 Å². The summed E-state index contributed by atoms with van der Waals surface area (Å²) in [6, 6.07) is 27.5. The maximum Gasteiger partial charge on any atom is 0.255 e. The first kappa shape index (κ1) is 21.4. The third kappa shape index (κ3) is 4.42. The van der Waals surface area contributed by atoms with E-state index in [4.69, 9.17) is 9.84 Å². The van der Waals surface area contributed by atoms with Gasteiger partial charge in [-0.2, -0.15) is 5.10 Å².